The summed E-state index contributed by atoms with van der Waals surface area (Å²) in [4.78, 5) is 45.1. The Labute approximate surface area is 205 Å². The van der Waals surface area contributed by atoms with Gasteiger partial charge in [0.25, 0.3) is 5.56 Å². The second-order valence-corrected chi connectivity index (χ2v) is 9.00. The van der Waals surface area contributed by atoms with Gasteiger partial charge in [-0.05, 0) is 69.5 Å². The van der Waals surface area contributed by atoms with Gasteiger partial charge in [-0.25, -0.2) is 4.98 Å². The summed E-state index contributed by atoms with van der Waals surface area (Å²) in [7, 11) is 0. The van der Waals surface area contributed by atoms with Crippen molar-refractivity contribution < 1.29 is 9.59 Å². The summed E-state index contributed by atoms with van der Waals surface area (Å²) in [6.07, 6.45) is 2.45. The van der Waals surface area contributed by atoms with Crippen LogP contribution in [-0.2, 0) is 22.6 Å². The number of fused-ring (bicyclic) bond motifs is 1. The van der Waals surface area contributed by atoms with Crippen molar-refractivity contribution in [2.45, 2.75) is 59.0 Å². The van der Waals surface area contributed by atoms with Crippen LogP contribution in [0.15, 0.2) is 47.3 Å². The maximum Gasteiger partial charge on any atom is 0.273 e. The molecule has 1 aliphatic rings. The minimum absolute atomic E-state index is 0.0743. The van der Waals surface area contributed by atoms with E-state index in [-0.39, 0.29) is 42.8 Å². The molecule has 0 radical (unpaired) electrons. The number of aromatic nitrogens is 2. The van der Waals surface area contributed by atoms with Crippen molar-refractivity contribution in [1.29, 1.82) is 0 Å². The van der Waals surface area contributed by atoms with Gasteiger partial charge in [0.05, 0.1) is 11.0 Å². The van der Waals surface area contributed by atoms with Gasteiger partial charge in [-0.1, -0.05) is 12.1 Å². The van der Waals surface area contributed by atoms with Crippen LogP contribution in [0.4, 0.5) is 11.4 Å². The van der Waals surface area contributed by atoms with E-state index in [1.165, 1.54) is 4.57 Å². The molecule has 0 atom stereocenters. The summed E-state index contributed by atoms with van der Waals surface area (Å²) in [5, 5.41) is 5.88. The SMILES string of the molecule is CCN(CC)c1ccc(NC(=O)Cn2c(=O)c(CCC(=O)NC3CC3)nc3ccccc32)c(C)c1. The number of nitrogens with one attached hydrogen (secondary N) is 2. The minimum Gasteiger partial charge on any atom is -0.372 e. The fourth-order valence-corrected chi connectivity index (χ4v) is 4.23. The molecule has 1 heterocycles. The van der Waals surface area contributed by atoms with Crippen LogP contribution in [0.1, 0.15) is 44.4 Å². The van der Waals surface area contributed by atoms with Gasteiger partial charge in [0, 0.05) is 43.3 Å². The number of carbonyl (C=O) groups excluding carboxylic acids is 2. The monoisotopic (exact) mass is 475 g/mol. The lowest BCUT2D eigenvalue weighted by Crippen LogP contribution is -2.32. The topological polar surface area (TPSA) is 96.3 Å². The highest BCUT2D eigenvalue weighted by molar-refractivity contribution is 5.92. The molecule has 0 bridgehead atoms. The summed E-state index contributed by atoms with van der Waals surface area (Å²) in [5.74, 6) is -0.366. The first kappa shape index (κ1) is 24.4. The molecule has 2 N–H and O–H groups in total. The van der Waals surface area contributed by atoms with Gasteiger partial charge in [0.15, 0.2) is 0 Å². The molecule has 1 fully saturated rings. The number of hydrogen-bond acceptors (Lipinski definition) is 5. The molecule has 4 rings (SSSR count). The Morgan fingerprint density at radius 3 is 2.51 bits per heavy atom. The Morgan fingerprint density at radius 2 is 1.83 bits per heavy atom. The molecule has 2 amide bonds. The van der Waals surface area contributed by atoms with Crippen LogP contribution in [0.3, 0.4) is 0 Å². The number of aryl methyl sites for hydroxylation is 2. The minimum atomic E-state index is -0.341. The van der Waals surface area contributed by atoms with E-state index in [1.54, 1.807) is 6.07 Å². The summed E-state index contributed by atoms with van der Waals surface area (Å²) in [5.41, 5.74) is 3.95. The Balaban J connectivity index is 1.53. The molecule has 0 spiro atoms. The van der Waals surface area contributed by atoms with E-state index in [1.807, 2.05) is 37.3 Å². The largest absolute Gasteiger partial charge is 0.372 e. The van der Waals surface area contributed by atoms with Crippen LogP contribution >= 0.6 is 0 Å². The predicted octanol–water partition coefficient (Wildman–Crippen LogP) is 3.40. The van der Waals surface area contributed by atoms with Crippen molar-refractivity contribution in [1.82, 2.24) is 14.9 Å². The second kappa shape index (κ2) is 10.7. The van der Waals surface area contributed by atoms with E-state index in [4.69, 9.17) is 0 Å². The number of carbonyl (C=O) groups is 2. The first-order valence-corrected chi connectivity index (χ1v) is 12.3. The number of benzene rings is 2. The molecule has 0 unspecified atom stereocenters. The third kappa shape index (κ3) is 5.88. The van der Waals surface area contributed by atoms with E-state index >= 15 is 0 Å². The van der Waals surface area contributed by atoms with Gasteiger partial charge in [0.1, 0.15) is 12.2 Å². The van der Waals surface area contributed by atoms with Crippen LogP contribution in [0.2, 0.25) is 0 Å². The second-order valence-electron chi connectivity index (χ2n) is 9.00. The third-order valence-electron chi connectivity index (χ3n) is 6.37. The lowest BCUT2D eigenvalue weighted by Gasteiger charge is -2.22. The van der Waals surface area contributed by atoms with Crippen molar-refractivity contribution >= 4 is 34.2 Å². The molecule has 35 heavy (non-hydrogen) atoms. The molecule has 2 aromatic carbocycles. The highest BCUT2D eigenvalue weighted by Gasteiger charge is 2.23. The zero-order valence-electron chi connectivity index (χ0n) is 20.6. The summed E-state index contributed by atoms with van der Waals surface area (Å²) in [6.45, 7) is 7.86. The van der Waals surface area contributed by atoms with E-state index in [0.717, 1.165) is 37.2 Å². The lowest BCUT2D eigenvalue weighted by atomic mass is 10.1. The Bertz CT molecular complexity index is 1290. The third-order valence-corrected chi connectivity index (χ3v) is 6.37. The van der Waals surface area contributed by atoms with Crippen LogP contribution < -0.4 is 21.1 Å². The van der Waals surface area contributed by atoms with E-state index in [0.29, 0.717) is 22.4 Å². The molecule has 0 saturated heterocycles. The summed E-state index contributed by atoms with van der Waals surface area (Å²) >= 11 is 0. The fourth-order valence-electron chi connectivity index (χ4n) is 4.23. The van der Waals surface area contributed by atoms with Crippen LogP contribution in [0.25, 0.3) is 11.0 Å². The molecule has 1 aliphatic carbocycles. The Kier molecular flexibility index (Phi) is 7.48. The van der Waals surface area contributed by atoms with Gasteiger partial charge in [-0.2, -0.15) is 0 Å². The quantitative estimate of drug-likeness (QED) is 0.469. The average Bonchev–Trinajstić information content (AvgIpc) is 3.66. The molecule has 3 aromatic rings. The Morgan fingerprint density at radius 1 is 1.09 bits per heavy atom. The van der Waals surface area contributed by atoms with E-state index < -0.39 is 0 Å². The van der Waals surface area contributed by atoms with Gasteiger partial charge >= 0.3 is 0 Å². The predicted molar refractivity (Wildman–Crippen MR) is 139 cm³/mol. The van der Waals surface area contributed by atoms with Crippen molar-refractivity contribution in [2.75, 3.05) is 23.3 Å². The number of amides is 2. The highest BCUT2D eigenvalue weighted by atomic mass is 16.2. The average molecular weight is 476 g/mol. The fraction of sp³-hybridized carbons (Fsp3) is 0.407. The lowest BCUT2D eigenvalue weighted by molar-refractivity contribution is -0.121. The number of para-hydroxylation sites is 2. The van der Waals surface area contributed by atoms with Gasteiger partial charge in [-0.15, -0.1) is 0 Å². The molecule has 0 aliphatic heterocycles. The maximum absolute atomic E-state index is 13.3. The van der Waals surface area contributed by atoms with Crippen LogP contribution in [0.5, 0.6) is 0 Å². The van der Waals surface area contributed by atoms with Crippen LogP contribution in [0, 0.1) is 6.92 Å². The summed E-state index contributed by atoms with van der Waals surface area (Å²) in [6, 6.07) is 13.5. The maximum atomic E-state index is 13.3. The van der Waals surface area contributed by atoms with Gasteiger partial charge in [0.2, 0.25) is 11.8 Å². The van der Waals surface area contributed by atoms with Gasteiger partial charge < -0.3 is 15.5 Å². The molecule has 1 saturated carbocycles. The molecular weight excluding hydrogens is 442 g/mol. The van der Waals surface area contributed by atoms with Crippen molar-refractivity contribution in [3.05, 3.63) is 64.1 Å². The highest BCUT2D eigenvalue weighted by Crippen LogP contribution is 2.23. The van der Waals surface area contributed by atoms with Gasteiger partial charge in [-0.3, -0.25) is 19.0 Å². The smallest absolute Gasteiger partial charge is 0.273 e. The van der Waals surface area contributed by atoms with E-state index in [9.17, 15) is 14.4 Å². The normalized spacial score (nSPS) is 13.0. The summed E-state index contributed by atoms with van der Waals surface area (Å²) < 4.78 is 1.45. The first-order chi connectivity index (χ1) is 16.9. The number of hydrogen-bond donors (Lipinski definition) is 2. The van der Waals surface area contributed by atoms with Crippen LogP contribution in [-0.4, -0.2) is 40.5 Å². The number of nitrogens with zero attached hydrogens (tertiary/aromatic N) is 3. The zero-order valence-corrected chi connectivity index (χ0v) is 20.6. The van der Waals surface area contributed by atoms with Crippen molar-refractivity contribution in [3.63, 3.8) is 0 Å². The Hall–Kier alpha value is -3.68. The molecule has 1 aromatic heterocycles. The number of anilines is 2. The van der Waals surface area contributed by atoms with E-state index in [2.05, 4.69) is 40.4 Å². The first-order valence-electron chi connectivity index (χ1n) is 12.3. The number of rotatable bonds is 10. The molecule has 8 nitrogen and oxygen atoms in total. The van der Waals surface area contributed by atoms with Crippen molar-refractivity contribution in [3.8, 4) is 0 Å². The molecular formula is C27H33N5O3. The molecule has 8 heteroatoms. The molecule has 184 valence electrons. The zero-order chi connectivity index (χ0) is 24.9. The standard InChI is InChI=1S/C27H33N5O3/c1-4-31(5-2)20-12-13-21(18(3)16-20)30-26(34)17-32-24-9-7-6-8-22(24)29-23(27(32)35)14-15-25(33)28-19-10-11-19/h6-9,12-13,16,19H,4-5,10-11,14-15,17H2,1-3H3,(H,28,33)(H,30,34). The van der Waals surface area contributed by atoms with Crippen molar-refractivity contribution in [2.24, 2.45) is 0 Å².